The fourth-order valence-electron chi connectivity index (χ4n) is 2.22. The normalized spacial score (nSPS) is 16.3. The average molecular weight is 205 g/mol. The minimum Gasteiger partial charge on any atom is -0.388 e. The van der Waals surface area contributed by atoms with Crippen molar-refractivity contribution in [2.45, 2.75) is 32.8 Å². The third-order valence-electron chi connectivity index (χ3n) is 2.93. The number of hydrogen-bond donors (Lipinski definition) is 2. The molecule has 0 aromatic heterocycles. The van der Waals surface area contributed by atoms with E-state index in [1.54, 1.807) is 0 Å². The highest BCUT2D eigenvalue weighted by atomic mass is 16.3. The van der Waals surface area contributed by atoms with E-state index in [4.69, 9.17) is 0 Å². The van der Waals surface area contributed by atoms with Crippen LogP contribution in [-0.4, -0.2) is 11.7 Å². The molecule has 1 aromatic rings. The molecule has 1 unspecified atom stereocenters. The topological polar surface area (TPSA) is 32.3 Å². The molecular formula is C13H19NO. The van der Waals surface area contributed by atoms with Gasteiger partial charge in [-0.15, -0.1) is 0 Å². The van der Waals surface area contributed by atoms with E-state index in [0.717, 1.165) is 24.9 Å². The summed E-state index contributed by atoms with van der Waals surface area (Å²) < 4.78 is 0. The Bertz CT molecular complexity index is 346. The molecule has 2 N–H and O–H groups in total. The maximum absolute atomic E-state index is 10.1. The molecule has 0 amide bonds. The van der Waals surface area contributed by atoms with Gasteiger partial charge in [-0.1, -0.05) is 32.0 Å². The van der Waals surface area contributed by atoms with Gasteiger partial charge in [-0.05, 0) is 24.3 Å². The lowest BCUT2D eigenvalue weighted by molar-refractivity contribution is 0.151. The zero-order valence-electron chi connectivity index (χ0n) is 9.46. The van der Waals surface area contributed by atoms with Crippen molar-refractivity contribution >= 4 is 5.69 Å². The highest BCUT2D eigenvalue weighted by molar-refractivity contribution is 5.61. The molecule has 1 atom stereocenters. The number of aliphatic hydroxyl groups excluding tert-OH is 1. The number of hydrogen-bond acceptors (Lipinski definition) is 2. The van der Waals surface area contributed by atoms with Crippen LogP contribution in [0.5, 0.6) is 0 Å². The summed E-state index contributed by atoms with van der Waals surface area (Å²) in [4.78, 5) is 0. The van der Waals surface area contributed by atoms with Gasteiger partial charge in [-0.2, -0.15) is 0 Å². The van der Waals surface area contributed by atoms with E-state index in [1.807, 2.05) is 12.1 Å². The molecule has 1 heterocycles. The lowest BCUT2D eigenvalue weighted by Gasteiger charge is -2.16. The summed E-state index contributed by atoms with van der Waals surface area (Å²) >= 11 is 0. The second kappa shape index (κ2) is 4.23. The number of fused-ring (bicyclic) bond motifs is 1. The van der Waals surface area contributed by atoms with Gasteiger partial charge in [0.2, 0.25) is 0 Å². The fourth-order valence-corrected chi connectivity index (χ4v) is 2.22. The summed E-state index contributed by atoms with van der Waals surface area (Å²) in [5.74, 6) is 0.525. The molecule has 0 saturated heterocycles. The van der Waals surface area contributed by atoms with Crippen LogP contribution in [0.3, 0.4) is 0 Å². The second-order valence-electron chi connectivity index (χ2n) is 4.70. The van der Waals surface area contributed by atoms with Crippen molar-refractivity contribution in [2.24, 2.45) is 5.92 Å². The Morgan fingerprint density at radius 2 is 2.20 bits per heavy atom. The third kappa shape index (κ3) is 2.15. The molecule has 0 aliphatic carbocycles. The summed E-state index contributed by atoms with van der Waals surface area (Å²) in [6.45, 7) is 5.28. The van der Waals surface area contributed by atoms with Gasteiger partial charge in [0.15, 0.2) is 0 Å². The van der Waals surface area contributed by atoms with Crippen LogP contribution in [0.2, 0.25) is 0 Å². The first kappa shape index (κ1) is 10.5. The van der Waals surface area contributed by atoms with Gasteiger partial charge in [-0.25, -0.2) is 0 Å². The van der Waals surface area contributed by atoms with Crippen molar-refractivity contribution in [3.8, 4) is 0 Å². The average Bonchev–Trinajstić information content (AvgIpc) is 2.63. The number of nitrogens with one attached hydrogen (secondary N) is 1. The smallest absolute Gasteiger partial charge is 0.0812 e. The first-order valence-electron chi connectivity index (χ1n) is 5.72. The summed E-state index contributed by atoms with van der Waals surface area (Å²) in [5.41, 5.74) is 3.58. The lowest BCUT2D eigenvalue weighted by atomic mass is 9.96. The number of anilines is 1. The predicted octanol–water partition coefficient (Wildman–Crippen LogP) is 2.73. The van der Waals surface area contributed by atoms with Crippen LogP contribution in [0.4, 0.5) is 5.69 Å². The van der Waals surface area contributed by atoms with Gasteiger partial charge >= 0.3 is 0 Å². The van der Waals surface area contributed by atoms with Crippen LogP contribution < -0.4 is 5.32 Å². The van der Waals surface area contributed by atoms with Gasteiger partial charge in [0.25, 0.3) is 0 Å². The Hall–Kier alpha value is -1.02. The Morgan fingerprint density at radius 1 is 1.40 bits per heavy atom. The van der Waals surface area contributed by atoms with Gasteiger partial charge < -0.3 is 10.4 Å². The Balaban J connectivity index is 2.24. The molecule has 1 aliphatic rings. The molecule has 1 aliphatic heterocycles. The van der Waals surface area contributed by atoms with E-state index >= 15 is 0 Å². The Kier molecular flexibility index (Phi) is 2.96. The van der Waals surface area contributed by atoms with Crippen LogP contribution in [-0.2, 0) is 6.42 Å². The highest BCUT2D eigenvalue weighted by Gasteiger charge is 2.19. The van der Waals surface area contributed by atoms with E-state index in [0.29, 0.717) is 5.92 Å². The largest absolute Gasteiger partial charge is 0.388 e. The maximum atomic E-state index is 10.1. The molecular weight excluding hydrogens is 186 g/mol. The van der Waals surface area contributed by atoms with Crippen molar-refractivity contribution < 1.29 is 5.11 Å². The van der Waals surface area contributed by atoms with Crippen molar-refractivity contribution in [3.05, 3.63) is 29.3 Å². The molecule has 2 rings (SSSR count). The van der Waals surface area contributed by atoms with E-state index in [-0.39, 0.29) is 6.10 Å². The molecule has 0 spiro atoms. The van der Waals surface area contributed by atoms with Crippen molar-refractivity contribution in [1.82, 2.24) is 0 Å². The zero-order valence-corrected chi connectivity index (χ0v) is 9.46. The maximum Gasteiger partial charge on any atom is 0.0812 e. The standard InChI is InChI=1S/C13H19NO/c1-9(2)8-12(15)11-5-3-4-10-6-7-14-13(10)11/h3-5,9,12,14-15H,6-8H2,1-2H3. The Morgan fingerprint density at radius 3 is 2.93 bits per heavy atom. The monoisotopic (exact) mass is 205 g/mol. The highest BCUT2D eigenvalue weighted by Crippen LogP contribution is 2.33. The van der Waals surface area contributed by atoms with Crippen molar-refractivity contribution in [1.29, 1.82) is 0 Å². The van der Waals surface area contributed by atoms with E-state index in [9.17, 15) is 5.11 Å². The number of rotatable bonds is 3. The molecule has 2 nitrogen and oxygen atoms in total. The number of benzene rings is 1. The minimum atomic E-state index is -0.328. The quantitative estimate of drug-likeness (QED) is 0.795. The van der Waals surface area contributed by atoms with Gasteiger partial charge in [0, 0.05) is 17.8 Å². The van der Waals surface area contributed by atoms with Crippen LogP contribution in [0, 0.1) is 5.92 Å². The van der Waals surface area contributed by atoms with E-state index in [2.05, 4.69) is 25.2 Å². The van der Waals surface area contributed by atoms with Crippen molar-refractivity contribution in [3.63, 3.8) is 0 Å². The molecule has 15 heavy (non-hydrogen) atoms. The molecule has 0 bridgehead atoms. The van der Waals surface area contributed by atoms with Crippen LogP contribution in [0.15, 0.2) is 18.2 Å². The van der Waals surface area contributed by atoms with Gasteiger partial charge in [0.05, 0.1) is 6.10 Å². The first-order chi connectivity index (χ1) is 7.18. The van der Waals surface area contributed by atoms with Gasteiger partial charge in [0.1, 0.15) is 0 Å². The number of para-hydroxylation sites is 1. The Labute approximate surface area is 91.3 Å². The molecule has 82 valence electrons. The van der Waals surface area contributed by atoms with E-state index < -0.39 is 0 Å². The number of aliphatic hydroxyl groups is 1. The van der Waals surface area contributed by atoms with Crippen LogP contribution in [0.1, 0.15) is 37.5 Å². The summed E-state index contributed by atoms with van der Waals surface area (Å²) in [6, 6.07) is 6.22. The van der Waals surface area contributed by atoms with E-state index in [1.165, 1.54) is 11.3 Å². The second-order valence-corrected chi connectivity index (χ2v) is 4.70. The molecule has 2 heteroatoms. The van der Waals surface area contributed by atoms with Crippen LogP contribution in [0.25, 0.3) is 0 Å². The first-order valence-corrected chi connectivity index (χ1v) is 5.72. The summed E-state index contributed by atoms with van der Waals surface area (Å²) in [6.07, 6.45) is 1.58. The summed E-state index contributed by atoms with van der Waals surface area (Å²) in [7, 11) is 0. The zero-order chi connectivity index (χ0) is 10.8. The predicted molar refractivity (Wildman–Crippen MR) is 63.1 cm³/mol. The SMILES string of the molecule is CC(C)CC(O)c1cccc2c1NCC2. The van der Waals surface area contributed by atoms with Gasteiger partial charge in [-0.3, -0.25) is 0 Å². The minimum absolute atomic E-state index is 0.328. The van der Waals surface area contributed by atoms with Crippen molar-refractivity contribution in [2.75, 3.05) is 11.9 Å². The lowest BCUT2D eigenvalue weighted by Crippen LogP contribution is -2.05. The van der Waals surface area contributed by atoms with Crippen LogP contribution >= 0.6 is 0 Å². The molecule has 1 aromatic carbocycles. The fraction of sp³-hybridized carbons (Fsp3) is 0.538. The molecule has 0 saturated carbocycles. The molecule has 0 fully saturated rings. The molecule has 0 radical (unpaired) electrons. The third-order valence-corrected chi connectivity index (χ3v) is 2.93. The summed E-state index contributed by atoms with van der Waals surface area (Å²) in [5, 5.41) is 13.5.